The fourth-order valence-corrected chi connectivity index (χ4v) is 1.64. The number of hydrogen-bond acceptors (Lipinski definition) is 3. The third-order valence-electron chi connectivity index (χ3n) is 2.04. The molecule has 5 nitrogen and oxygen atoms in total. The molecule has 6 heteroatoms. The van der Waals surface area contributed by atoms with E-state index in [2.05, 4.69) is 26.3 Å². The highest BCUT2D eigenvalue weighted by molar-refractivity contribution is 9.10. The van der Waals surface area contributed by atoms with Crippen molar-refractivity contribution in [2.24, 2.45) is 5.73 Å². The second-order valence-corrected chi connectivity index (χ2v) is 4.14. The van der Waals surface area contributed by atoms with E-state index in [9.17, 15) is 4.79 Å². The van der Waals surface area contributed by atoms with Crippen molar-refractivity contribution >= 4 is 21.8 Å². The first-order valence-electron chi connectivity index (χ1n) is 4.84. The summed E-state index contributed by atoms with van der Waals surface area (Å²) < 4.78 is 2.71. The molecule has 0 aliphatic heterocycles. The Morgan fingerprint density at radius 3 is 3.00 bits per heavy atom. The minimum Gasteiger partial charge on any atom is -0.368 e. The zero-order chi connectivity index (χ0) is 11.3. The van der Waals surface area contributed by atoms with Gasteiger partial charge in [-0.05, 0) is 28.9 Å². The molecule has 0 fully saturated rings. The van der Waals surface area contributed by atoms with Crippen molar-refractivity contribution in [1.82, 2.24) is 15.1 Å². The predicted octanol–water partition coefficient (Wildman–Crippen LogP) is 0.499. The summed E-state index contributed by atoms with van der Waals surface area (Å²) in [5, 5.41) is 7.13. The van der Waals surface area contributed by atoms with Crippen LogP contribution in [0.1, 0.15) is 13.3 Å². The fourth-order valence-electron chi connectivity index (χ4n) is 1.31. The van der Waals surface area contributed by atoms with Crippen molar-refractivity contribution in [3.8, 4) is 0 Å². The largest absolute Gasteiger partial charge is 0.368 e. The van der Waals surface area contributed by atoms with Crippen LogP contribution in [0.15, 0.2) is 16.9 Å². The lowest BCUT2D eigenvalue weighted by molar-refractivity contribution is -0.120. The van der Waals surface area contributed by atoms with Gasteiger partial charge in [-0.2, -0.15) is 5.10 Å². The van der Waals surface area contributed by atoms with Gasteiger partial charge >= 0.3 is 0 Å². The van der Waals surface area contributed by atoms with Gasteiger partial charge in [0.2, 0.25) is 5.91 Å². The van der Waals surface area contributed by atoms with E-state index in [1.54, 1.807) is 10.9 Å². The van der Waals surface area contributed by atoms with Crippen LogP contribution < -0.4 is 11.1 Å². The van der Waals surface area contributed by atoms with E-state index in [1.165, 1.54) is 0 Å². The molecule has 1 atom stereocenters. The first-order valence-corrected chi connectivity index (χ1v) is 5.63. The number of nitrogens with zero attached hydrogens (tertiary/aromatic N) is 2. The maximum absolute atomic E-state index is 11.0. The quantitative estimate of drug-likeness (QED) is 0.794. The Morgan fingerprint density at radius 2 is 2.53 bits per heavy atom. The number of carbonyl (C=O) groups excluding carboxylic acids is 1. The van der Waals surface area contributed by atoms with E-state index in [-0.39, 0.29) is 11.9 Å². The molecule has 1 amide bonds. The van der Waals surface area contributed by atoms with Crippen LogP contribution in [-0.4, -0.2) is 28.3 Å². The van der Waals surface area contributed by atoms with Gasteiger partial charge in [0, 0.05) is 12.7 Å². The van der Waals surface area contributed by atoms with Gasteiger partial charge in [0.15, 0.2) is 0 Å². The first-order chi connectivity index (χ1) is 7.13. The summed E-state index contributed by atoms with van der Waals surface area (Å²) in [5.74, 6) is -0.317. The molecule has 0 spiro atoms. The van der Waals surface area contributed by atoms with Gasteiger partial charge < -0.3 is 11.1 Å². The Balaban J connectivity index is 2.43. The molecule has 84 valence electrons. The van der Waals surface area contributed by atoms with Gasteiger partial charge in [-0.1, -0.05) is 6.92 Å². The maximum Gasteiger partial charge on any atom is 0.234 e. The van der Waals surface area contributed by atoms with Crippen LogP contribution in [0.3, 0.4) is 0 Å². The minimum atomic E-state index is -0.317. The fraction of sp³-hybridized carbons (Fsp3) is 0.556. The van der Waals surface area contributed by atoms with Crippen LogP contribution >= 0.6 is 15.9 Å². The molecule has 0 radical (unpaired) electrons. The molecule has 0 saturated carbocycles. The molecule has 1 rings (SSSR count). The number of aromatic nitrogens is 2. The number of aryl methyl sites for hydroxylation is 1. The van der Waals surface area contributed by atoms with Crippen molar-refractivity contribution < 1.29 is 4.79 Å². The van der Waals surface area contributed by atoms with Gasteiger partial charge in [-0.25, -0.2) is 0 Å². The van der Waals surface area contributed by atoms with E-state index in [0.717, 1.165) is 11.0 Å². The zero-order valence-corrected chi connectivity index (χ0v) is 10.2. The molecule has 1 aromatic heterocycles. The Labute approximate surface area is 97.1 Å². The van der Waals surface area contributed by atoms with Crippen LogP contribution in [0, 0.1) is 0 Å². The summed E-state index contributed by atoms with van der Waals surface area (Å²) in [4.78, 5) is 11.0. The third-order valence-corrected chi connectivity index (χ3v) is 2.45. The summed E-state index contributed by atoms with van der Waals surface area (Å²) in [6.45, 7) is 3.35. The standard InChI is InChI=1S/C9H15BrN4O/c1-2-12-8(9(11)15)3-4-14-6-7(10)5-13-14/h5-6,8,12H,2-4H2,1H3,(H2,11,15). The number of nitrogens with two attached hydrogens (primary N) is 1. The van der Waals surface area contributed by atoms with E-state index in [4.69, 9.17) is 5.73 Å². The highest BCUT2D eigenvalue weighted by Gasteiger charge is 2.13. The number of rotatable bonds is 6. The summed E-state index contributed by atoms with van der Waals surface area (Å²) in [6.07, 6.45) is 4.23. The van der Waals surface area contributed by atoms with Crippen LogP contribution in [0.2, 0.25) is 0 Å². The van der Waals surface area contributed by atoms with Crippen LogP contribution in [0.5, 0.6) is 0 Å². The van der Waals surface area contributed by atoms with Gasteiger partial charge in [0.25, 0.3) is 0 Å². The van der Waals surface area contributed by atoms with Crippen molar-refractivity contribution in [3.05, 3.63) is 16.9 Å². The highest BCUT2D eigenvalue weighted by Crippen LogP contribution is 2.07. The van der Waals surface area contributed by atoms with Crippen molar-refractivity contribution in [2.75, 3.05) is 6.54 Å². The third kappa shape index (κ3) is 4.01. The predicted molar refractivity (Wildman–Crippen MR) is 61.2 cm³/mol. The molecule has 1 heterocycles. The van der Waals surface area contributed by atoms with Crippen molar-refractivity contribution in [2.45, 2.75) is 25.9 Å². The number of nitrogens with one attached hydrogen (secondary N) is 1. The average Bonchev–Trinajstić information content (AvgIpc) is 2.58. The van der Waals surface area contributed by atoms with E-state index in [0.29, 0.717) is 13.0 Å². The number of primary amides is 1. The van der Waals surface area contributed by atoms with Crippen molar-refractivity contribution in [3.63, 3.8) is 0 Å². The molecule has 0 bridgehead atoms. The lowest BCUT2D eigenvalue weighted by Crippen LogP contribution is -2.41. The number of carbonyl (C=O) groups is 1. The van der Waals surface area contributed by atoms with Gasteiger partial charge in [-0.3, -0.25) is 9.48 Å². The molecule has 3 N–H and O–H groups in total. The monoisotopic (exact) mass is 274 g/mol. The number of halogens is 1. The zero-order valence-electron chi connectivity index (χ0n) is 8.61. The SMILES string of the molecule is CCNC(CCn1cc(Br)cn1)C(N)=O. The van der Waals surface area contributed by atoms with E-state index < -0.39 is 0 Å². The lowest BCUT2D eigenvalue weighted by atomic mass is 10.2. The Kier molecular flexibility index (Phi) is 4.77. The highest BCUT2D eigenvalue weighted by atomic mass is 79.9. The maximum atomic E-state index is 11.0. The molecular weight excluding hydrogens is 260 g/mol. The Hall–Kier alpha value is -0.880. The molecule has 0 aromatic carbocycles. The second kappa shape index (κ2) is 5.87. The van der Waals surface area contributed by atoms with Crippen molar-refractivity contribution in [1.29, 1.82) is 0 Å². The first kappa shape index (κ1) is 12.2. The second-order valence-electron chi connectivity index (χ2n) is 3.22. The molecule has 15 heavy (non-hydrogen) atoms. The summed E-state index contributed by atoms with van der Waals surface area (Å²) in [7, 11) is 0. The molecule has 0 aliphatic rings. The van der Waals surface area contributed by atoms with Gasteiger partial charge in [-0.15, -0.1) is 0 Å². The van der Waals surface area contributed by atoms with Crippen LogP contribution in [0.25, 0.3) is 0 Å². The summed E-state index contributed by atoms with van der Waals surface area (Å²) >= 11 is 3.31. The Morgan fingerprint density at radius 1 is 1.80 bits per heavy atom. The molecule has 0 saturated heterocycles. The van der Waals surface area contributed by atoms with E-state index in [1.807, 2.05) is 13.1 Å². The summed E-state index contributed by atoms with van der Waals surface area (Å²) in [6, 6.07) is -0.280. The summed E-state index contributed by atoms with van der Waals surface area (Å²) in [5.41, 5.74) is 5.25. The van der Waals surface area contributed by atoms with Crippen LogP contribution in [0.4, 0.5) is 0 Å². The molecule has 1 aromatic rings. The van der Waals surface area contributed by atoms with Crippen LogP contribution in [-0.2, 0) is 11.3 Å². The van der Waals surface area contributed by atoms with E-state index >= 15 is 0 Å². The number of hydrogen-bond donors (Lipinski definition) is 2. The smallest absolute Gasteiger partial charge is 0.234 e. The lowest BCUT2D eigenvalue weighted by Gasteiger charge is -2.13. The topological polar surface area (TPSA) is 72.9 Å². The normalized spacial score (nSPS) is 12.7. The molecule has 0 aliphatic carbocycles. The van der Waals surface area contributed by atoms with Gasteiger partial charge in [0.1, 0.15) is 0 Å². The number of amides is 1. The minimum absolute atomic E-state index is 0.280. The molecular formula is C9H15BrN4O. The molecule has 1 unspecified atom stereocenters. The Bertz CT molecular complexity index is 326. The average molecular weight is 275 g/mol. The number of likely N-dealkylation sites (N-methyl/N-ethyl adjacent to an activating group) is 1. The van der Waals surface area contributed by atoms with Gasteiger partial charge in [0.05, 0.1) is 16.7 Å².